The molecule has 2 aliphatic heterocycles. The van der Waals surface area contributed by atoms with Gasteiger partial charge < -0.3 is 10.4 Å². The van der Waals surface area contributed by atoms with Gasteiger partial charge in [0.15, 0.2) is 0 Å². The second kappa shape index (κ2) is 6.19. The van der Waals surface area contributed by atoms with Crippen LogP contribution in [0.3, 0.4) is 0 Å². The number of thioether (sulfide) groups is 1. The van der Waals surface area contributed by atoms with E-state index in [9.17, 15) is 4.79 Å². The molecule has 1 aromatic rings. The van der Waals surface area contributed by atoms with Gasteiger partial charge in [0.25, 0.3) is 0 Å². The largest absolute Gasteiger partial charge is 0.481 e. The summed E-state index contributed by atoms with van der Waals surface area (Å²) < 4.78 is 0. The lowest BCUT2D eigenvalue weighted by molar-refractivity contribution is -0.141. The van der Waals surface area contributed by atoms with Crippen LogP contribution >= 0.6 is 11.8 Å². The molecule has 0 aromatic heterocycles. The number of nitrogens with one attached hydrogen (secondary N) is 1. The highest BCUT2D eigenvalue weighted by Gasteiger charge is 2.32. The second-order valence-electron chi connectivity index (χ2n) is 5.75. The zero-order valence-electron chi connectivity index (χ0n) is 11.5. The van der Waals surface area contributed by atoms with Crippen LogP contribution in [0.4, 0.5) is 0 Å². The maximum Gasteiger partial charge on any atom is 0.307 e. The SMILES string of the molecule is O=C(O)C1CNC(c2ccccc2C2CCSCC2)C1. The van der Waals surface area contributed by atoms with Crippen molar-refractivity contribution in [2.24, 2.45) is 5.92 Å². The Labute approximate surface area is 124 Å². The van der Waals surface area contributed by atoms with Gasteiger partial charge in [0, 0.05) is 12.6 Å². The van der Waals surface area contributed by atoms with Crippen LogP contribution in [0.2, 0.25) is 0 Å². The molecule has 2 atom stereocenters. The molecule has 108 valence electrons. The molecule has 20 heavy (non-hydrogen) atoms. The Bertz CT molecular complexity index is 485. The number of carboxylic acids is 1. The van der Waals surface area contributed by atoms with Crippen molar-refractivity contribution in [2.75, 3.05) is 18.1 Å². The van der Waals surface area contributed by atoms with Gasteiger partial charge >= 0.3 is 5.97 Å². The van der Waals surface area contributed by atoms with Gasteiger partial charge in [-0.3, -0.25) is 4.79 Å². The summed E-state index contributed by atoms with van der Waals surface area (Å²) in [6.45, 7) is 0.592. The number of hydrogen-bond acceptors (Lipinski definition) is 3. The minimum atomic E-state index is -0.674. The molecule has 2 N–H and O–H groups in total. The summed E-state index contributed by atoms with van der Waals surface area (Å²) in [6, 6.07) is 8.82. The molecule has 2 unspecified atom stereocenters. The molecular formula is C16H21NO2S. The van der Waals surface area contributed by atoms with Crippen molar-refractivity contribution in [3.63, 3.8) is 0 Å². The van der Waals surface area contributed by atoms with Crippen molar-refractivity contribution in [2.45, 2.75) is 31.2 Å². The maximum atomic E-state index is 11.1. The molecule has 0 spiro atoms. The van der Waals surface area contributed by atoms with Crippen LogP contribution in [0.5, 0.6) is 0 Å². The van der Waals surface area contributed by atoms with E-state index < -0.39 is 5.97 Å². The third kappa shape index (κ3) is 2.86. The van der Waals surface area contributed by atoms with Gasteiger partial charge in [0.2, 0.25) is 0 Å². The van der Waals surface area contributed by atoms with Gasteiger partial charge in [-0.2, -0.15) is 11.8 Å². The number of benzene rings is 1. The van der Waals surface area contributed by atoms with E-state index in [0.29, 0.717) is 18.9 Å². The molecule has 1 aromatic carbocycles. The van der Waals surface area contributed by atoms with Crippen LogP contribution in [0.25, 0.3) is 0 Å². The minimum absolute atomic E-state index is 0.210. The summed E-state index contributed by atoms with van der Waals surface area (Å²) in [5.74, 6) is 2.23. The molecule has 2 heterocycles. The van der Waals surface area contributed by atoms with Crippen molar-refractivity contribution >= 4 is 17.7 Å². The van der Waals surface area contributed by atoms with Crippen molar-refractivity contribution in [1.29, 1.82) is 0 Å². The van der Waals surface area contributed by atoms with E-state index in [1.165, 1.54) is 35.5 Å². The molecule has 0 aliphatic carbocycles. The summed E-state index contributed by atoms with van der Waals surface area (Å²) in [6.07, 6.45) is 3.21. The Morgan fingerprint density at radius 3 is 2.55 bits per heavy atom. The van der Waals surface area contributed by atoms with Crippen LogP contribution in [0.15, 0.2) is 24.3 Å². The summed E-state index contributed by atoms with van der Waals surface area (Å²) in [5.41, 5.74) is 2.77. The molecule has 0 amide bonds. The van der Waals surface area contributed by atoms with E-state index in [2.05, 4.69) is 29.6 Å². The molecule has 3 nitrogen and oxygen atoms in total. The molecule has 0 radical (unpaired) electrons. The highest BCUT2D eigenvalue weighted by Crippen LogP contribution is 2.38. The minimum Gasteiger partial charge on any atom is -0.481 e. The van der Waals surface area contributed by atoms with Crippen LogP contribution < -0.4 is 5.32 Å². The maximum absolute atomic E-state index is 11.1. The third-order valence-electron chi connectivity index (χ3n) is 4.51. The average Bonchev–Trinajstić information content (AvgIpc) is 2.98. The fraction of sp³-hybridized carbons (Fsp3) is 0.562. The highest BCUT2D eigenvalue weighted by molar-refractivity contribution is 7.99. The third-order valence-corrected chi connectivity index (χ3v) is 5.56. The normalized spacial score (nSPS) is 27.6. The Kier molecular flexibility index (Phi) is 4.32. The fourth-order valence-electron chi connectivity index (χ4n) is 3.37. The van der Waals surface area contributed by atoms with Crippen LogP contribution in [-0.2, 0) is 4.79 Å². The van der Waals surface area contributed by atoms with Crippen molar-refractivity contribution in [1.82, 2.24) is 5.32 Å². The fourth-order valence-corrected chi connectivity index (χ4v) is 4.48. The molecule has 2 saturated heterocycles. The van der Waals surface area contributed by atoms with E-state index in [-0.39, 0.29) is 12.0 Å². The first-order chi connectivity index (χ1) is 9.75. The Morgan fingerprint density at radius 1 is 1.20 bits per heavy atom. The topological polar surface area (TPSA) is 49.3 Å². The van der Waals surface area contributed by atoms with Crippen molar-refractivity contribution in [3.8, 4) is 0 Å². The number of aliphatic carboxylic acids is 1. The predicted molar refractivity (Wildman–Crippen MR) is 82.2 cm³/mol. The van der Waals surface area contributed by atoms with E-state index in [4.69, 9.17) is 5.11 Å². The molecule has 0 saturated carbocycles. The van der Waals surface area contributed by atoms with Gasteiger partial charge in [0.05, 0.1) is 5.92 Å². The smallest absolute Gasteiger partial charge is 0.307 e. The van der Waals surface area contributed by atoms with Gasteiger partial charge in [-0.25, -0.2) is 0 Å². The monoisotopic (exact) mass is 291 g/mol. The first-order valence-electron chi connectivity index (χ1n) is 7.38. The zero-order valence-corrected chi connectivity index (χ0v) is 12.4. The number of rotatable bonds is 3. The predicted octanol–water partition coefficient (Wildman–Crippen LogP) is 3.03. The second-order valence-corrected chi connectivity index (χ2v) is 6.97. The molecule has 0 bridgehead atoms. The first-order valence-corrected chi connectivity index (χ1v) is 8.54. The summed E-state index contributed by atoms with van der Waals surface area (Å²) >= 11 is 2.04. The van der Waals surface area contributed by atoms with E-state index in [1.807, 2.05) is 11.8 Å². The lowest BCUT2D eigenvalue weighted by atomic mass is 9.86. The van der Waals surface area contributed by atoms with Gasteiger partial charge in [-0.1, -0.05) is 24.3 Å². The summed E-state index contributed by atoms with van der Waals surface area (Å²) in [4.78, 5) is 11.1. The van der Waals surface area contributed by atoms with E-state index >= 15 is 0 Å². The van der Waals surface area contributed by atoms with Gasteiger partial charge in [-0.05, 0) is 47.8 Å². The Hall–Kier alpha value is -1.00. The summed E-state index contributed by atoms with van der Waals surface area (Å²) in [5, 5.41) is 12.6. The molecule has 3 rings (SSSR count). The van der Waals surface area contributed by atoms with Crippen molar-refractivity contribution in [3.05, 3.63) is 35.4 Å². The van der Waals surface area contributed by atoms with Gasteiger partial charge in [0.1, 0.15) is 0 Å². The van der Waals surface area contributed by atoms with Gasteiger partial charge in [-0.15, -0.1) is 0 Å². The van der Waals surface area contributed by atoms with Crippen LogP contribution in [-0.4, -0.2) is 29.1 Å². The average molecular weight is 291 g/mol. The van der Waals surface area contributed by atoms with E-state index in [0.717, 1.165) is 0 Å². The lowest BCUT2D eigenvalue weighted by Gasteiger charge is -2.26. The Morgan fingerprint density at radius 2 is 1.90 bits per heavy atom. The zero-order chi connectivity index (χ0) is 13.9. The summed E-state index contributed by atoms with van der Waals surface area (Å²) in [7, 11) is 0. The molecular weight excluding hydrogens is 270 g/mol. The molecule has 4 heteroatoms. The van der Waals surface area contributed by atoms with Crippen LogP contribution in [0.1, 0.15) is 42.3 Å². The van der Waals surface area contributed by atoms with Crippen LogP contribution in [0, 0.1) is 5.92 Å². The quantitative estimate of drug-likeness (QED) is 0.899. The Balaban J connectivity index is 1.81. The molecule has 2 fully saturated rings. The first kappa shape index (κ1) is 14.0. The van der Waals surface area contributed by atoms with E-state index in [1.54, 1.807) is 0 Å². The van der Waals surface area contributed by atoms with Crippen molar-refractivity contribution < 1.29 is 9.90 Å². The molecule has 2 aliphatic rings. The standard InChI is InChI=1S/C16H21NO2S/c18-16(19)12-9-15(17-10-12)14-4-2-1-3-13(14)11-5-7-20-8-6-11/h1-4,11-12,15,17H,5-10H2,(H,18,19). The number of carboxylic acid groups (broad SMARTS) is 1. The highest BCUT2D eigenvalue weighted by atomic mass is 32.2. The number of hydrogen-bond donors (Lipinski definition) is 2. The lowest BCUT2D eigenvalue weighted by Crippen LogP contribution is -2.18. The number of carbonyl (C=O) groups is 1.